The van der Waals surface area contributed by atoms with Crippen LogP contribution in [0.3, 0.4) is 0 Å². The normalized spacial score (nSPS) is 11.8. The number of rotatable bonds is 10. The lowest BCUT2D eigenvalue weighted by atomic mass is 10.1. The number of benzene rings is 1. The van der Waals surface area contributed by atoms with Gasteiger partial charge in [-0.15, -0.1) is 0 Å². The second-order valence-electron chi connectivity index (χ2n) is 5.64. The van der Waals surface area contributed by atoms with E-state index in [0.29, 0.717) is 6.61 Å². The summed E-state index contributed by atoms with van der Waals surface area (Å²) in [6, 6.07) is 4.57. The van der Waals surface area contributed by atoms with Crippen LogP contribution in [0.4, 0.5) is 4.39 Å². The molecule has 1 aromatic rings. The van der Waals surface area contributed by atoms with Crippen LogP contribution in [0.1, 0.15) is 62.7 Å². The van der Waals surface area contributed by atoms with Gasteiger partial charge < -0.3 is 10.1 Å². The Labute approximate surface area is 137 Å². The maximum absolute atomic E-state index is 13.1. The van der Waals surface area contributed by atoms with Gasteiger partial charge >= 0.3 is 5.97 Å². The third-order valence-corrected chi connectivity index (χ3v) is 3.53. The van der Waals surface area contributed by atoms with Gasteiger partial charge in [0.2, 0.25) is 0 Å². The number of carbonyl (C=O) groups is 2. The molecule has 0 saturated carbocycles. The van der Waals surface area contributed by atoms with Gasteiger partial charge in [-0.05, 0) is 31.5 Å². The molecule has 0 spiro atoms. The Balaban J connectivity index is 2.24. The van der Waals surface area contributed by atoms with Crippen molar-refractivity contribution in [3.05, 3.63) is 35.6 Å². The highest BCUT2D eigenvalue weighted by Crippen LogP contribution is 2.06. The molecule has 1 unspecified atom stereocenters. The van der Waals surface area contributed by atoms with Crippen molar-refractivity contribution in [3.8, 4) is 0 Å². The summed E-state index contributed by atoms with van der Waals surface area (Å²) in [4.78, 5) is 23.7. The zero-order valence-corrected chi connectivity index (χ0v) is 13.9. The predicted molar refractivity (Wildman–Crippen MR) is 87.7 cm³/mol. The van der Waals surface area contributed by atoms with E-state index in [0.717, 1.165) is 25.3 Å². The van der Waals surface area contributed by atoms with Gasteiger partial charge in [-0.1, -0.05) is 45.1 Å². The van der Waals surface area contributed by atoms with E-state index < -0.39 is 23.7 Å². The summed E-state index contributed by atoms with van der Waals surface area (Å²) in [6.07, 6.45) is 6.68. The van der Waals surface area contributed by atoms with E-state index >= 15 is 0 Å². The minimum Gasteiger partial charge on any atom is -0.464 e. The Morgan fingerprint density at radius 2 is 1.87 bits per heavy atom. The van der Waals surface area contributed by atoms with Gasteiger partial charge in [0.25, 0.3) is 5.91 Å². The van der Waals surface area contributed by atoms with Crippen LogP contribution in [0.5, 0.6) is 0 Å². The maximum Gasteiger partial charge on any atom is 0.328 e. The monoisotopic (exact) mass is 323 g/mol. The first-order valence-corrected chi connectivity index (χ1v) is 8.27. The van der Waals surface area contributed by atoms with Crippen LogP contribution in [0.15, 0.2) is 24.3 Å². The van der Waals surface area contributed by atoms with E-state index in [1.54, 1.807) is 6.92 Å². The van der Waals surface area contributed by atoms with E-state index in [4.69, 9.17) is 4.74 Å². The molecule has 0 aliphatic rings. The van der Waals surface area contributed by atoms with Gasteiger partial charge in [0, 0.05) is 5.56 Å². The Bertz CT molecular complexity index is 505. The van der Waals surface area contributed by atoms with Gasteiger partial charge in [0.1, 0.15) is 11.9 Å². The van der Waals surface area contributed by atoms with Crippen LogP contribution in [-0.2, 0) is 9.53 Å². The van der Waals surface area contributed by atoms with Crippen molar-refractivity contribution in [2.45, 2.75) is 58.4 Å². The fourth-order valence-electron chi connectivity index (χ4n) is 2.15. The first-order valence-electron chi connectivity index (χ1n) is 8.27. The highest BCUT2D eigenvalue weighted by Gasteiger charge is 2.18. The summed E-state index contributed by atoms with van der Waals surface area (Å²) < 4.78 is 18.2. The number of esters is 1. The fourth-order valence-corrected chi connectivity index (χ4v) is 2.15. The molecular formula is C18H26FNO3. The minimum absolute atomic E-state index is 0.181. The summed E-state index contributed by atoms with van der Waals surface area (Å²) in [7, 11) is 0. The third-order valence-electron chi connectivity index (χ3n) is 3.53. The molecule has 1 N–H and O–H groups in total. The number of hydrogen-bond donors (Lipinski definition) is 1. The average Bonchev–Trinajstić information content (AvgIpc) is 2.53. The SMILES string of the molecule is CCCCCCCCOC(=O)C(C)NC(=O)c1cccc(F)c1. The van der Waals surface area contributed by atoms with Crippen LogP contribution in [0.25, 0.3) is 0 Å². The summed E-state index contributed by atoms with van der Waals surface area (Å²) in [5.41, 5.74) is 0.181. The van der Waals surface area contributed by atoms with Crippen molar-refractivity contribution < 1.29 is 18.7 Å². The zero-order chi connectivity index (χ0) is 17.1. The number of halogens is 1. The minimum atomic E-state index is -0.758. The predicted octanol–water partition coefficient (Wildman–Crippen LogP) is 3.85. The summed E-state index contributed by atoms with van der Waals surface area (Å²) in [6.45, 7) is 4.09. The molecule has 0 aliphatic carbocycles. The highest BCUT2D eigenvalue weighted by molar-refractivity contribution is 5.96. The second-order valence-corrected chi connectivity index (χ2v) is 5.64. The average molecular weight is 323 g/mol. The van der Waals surface area contributed by atoms with Crippen molar-refractivity contribution in [1.29, 1.82) is 0 Å². The van der Waals surface area contributed by atoms with Crippen molar-refractivity contribution in [2.75, 3.05) is 6.61 Å². The fraction of sp³-hybridized carbons (Fsp3) is 0.556. The Morgan fingerprint density at radius 1 is 1.17 bits per heavy atom. The number of unbranched alkanes of at least 4 members (excludes halogenated alkanes) is 5. The quantitative estimate of drug-likeness (QED) is 0.525. The molecule has 1 atom stereocenters. The first-order chi connectivity index (χ1) is 11.0. The van der Waals surface area contributed by atoms with E-state index in [1.165, 1.54) is 37.5 Å². The first kappa shape index (κ1) is 19.1. The standard InChI is InChI=1S/C18H26FNO3/c1-3-4-5-6-7-8-12-23-18(22)14(2)20-17(21)15-10-9-11-16(19)13-15/h9-11,13-14H,3-8,12H2,1-2H3,(H,20,21). The zero-order valence-electron chi connectivity index (χ0n) is 13.9. The molecule has 1 amide bonds. The van der Waals surface area contributed by atoms with Crippen molar-refractivity contribution in [2.24, 2.45) is 0 Å². The Kier molecular flexibility index (Phi) is 8.95. The van der Waals surface area contributed by atoms with Crippen LogP contribution >= 0.6 is 0 Å². The summed E-state index contributed by atoms with van der Waals surface area (Å²) >= 11 is 0. The van der Waals surface area contributed by atoms with Gasteiger partial charge in [0.15, 0.2) is 0 Å². The summed E-state index contributed by atoms with van der Waals surface area (Å²) in [5.74, 6) is -1.45. The Morgan fingerprint density at radius 3 is 2.57 bits per heavy atom. The van der Waals surface area contributed by atoms with Crippen molar-refractivity contribution >= 4 is 11.9 Å². The molecule has 0 aromatic heterocycles. The molecule has 1 aromatic carbocycles. The topological polar surface area (TPSA) is 55.4 Å². The molecule has 0 radical (unpaired) electrons. The van der Waals surface area contributed by atoms with Gasteiger partial charge in [-0.25, -0.2) is 9.18 Å². The number of carbonyl (C=O) groups excluding carboxylic acids is 2. The van der Waals surface area contributed by atoms with E-state index in [-0.39, 0.29) is 5.56 Å². The van der Waals surface area contributed by atoms with E-state index in [9.17, 15) is 14.0 Å². The lowest BCUT2D eigenvalue weighted by Gasteiger charge is -2.13. The summed E-state index contributed by atoms with van der Waals surface area (Å²) in [5, 5.41) is 2.51. The van der Waals surface area contributed by atoms with Crippen molar-refractivity contribution in [1.82, 2.24) is 5.32 Å². The molecule has 0 bridgehead atoms. The number of hydrogen-bond acceptors (Lipinski definition) is 3. The molecule has 0 saturated heterocycles. The second kappa shape index (κ2) is 10.8. The molecule has 1 rings (SSSR count). The lowest BCUT2D eigenvalue weighted by molar-refractivity contribution is -0.145. The van der Waals surface area contributed by atoms with Gasteiger partial charge in [0.05, 0.1) is 6.61 Å². The molecule has 4 nitrogen and oxygen atoms in total. The maximum atomic E-state index is 13.1. The van der Waals surface area contributed by atoms with E-state index in [1.807, 2.05) is 0 Å². The molecule has 0 fully saturated rings. The lowest BCUT2D eigenvalue weighted by Crippen LogP contribution is -2.39. The molecule has 0 aliphatic heterocycles. The van der Waals surface area contributed by atoms with Crippen LogP contribution < -0.4 is 5.32 Å². The van der Waals surface area contributed by atoms with Crippen molar-refractivity contribution in [3.63, 3.8) is 0 Å². The van der Waals surface area contributed by atoms with Gasteiger partial charge in [-0.3, -0.25) is 4.79 Å². The van der Waals surface area contributed by atoms with Gasteiger partial charge in [-0.2, -0.15) is 0 Å². The van der Waals surface area contributed by atoms with Crippen LogP contribution in [0.2, 0.25) is 0 Å². The third kappa shape index (κ3) is 7.77. The number of amides is 1. The smallest absolute Gasteiger partial charge is 0.328 e. The number of ether oxygens (including phenoxy) is 1. The van der Waals surface area contributed by atoms with Crippen LogP contribution in [0, 0.1) is 5.82 Å². The number of nitrogens with one attached hydrogen (secondary N) is 1. The van der Waals surface area contributed by atoms with E-state index in [2.05, 4.69) is 12.2 Å². The highest BCUT2D eigenvalue weighted by atomic mass is 19.1. The van der Waals surface area contributed by atoms with Crippen LogP contribution in [-0.4, -0.2) is 24.5 Å². The molecule has 128 valence electrons. The molecular weight excluding hydrogens is 297 g/mol. The largest absolute Gasteiger partial charge is 0.464 e. The molecule has 23 heavy (non-hydrogen) atoms. The molecule has 5 heteroatoms. The molecule has 0 heterocycles. The Hall–Kier alpha value is -1.91.